The number of fused-ring (bicyclic) bond motifs is 1. The van der Waals surface area contributed by atoms with Crippen LogP contribution in [0, 0.1) is 0 Å². The molecule has 0 fully saturated rings. The number of nitrogens with zero attached hydrogens (tertiary/aromatic N) is 2. The summed E-state index contributed by atoms with van der Waals surface area (Å²) in [4.78, 5) is 14.8. The lowest BCUT2D eigenvalue weighted by Gasteiger charge is -2.06. The van der Waals surface area contributed by atoms with Gasteiger partial charge in [0.15, 0.2) is 6.67 Å². The second-order valence-electron chi connectivity index (χ2n) is 3.64. The van der Waals surface area contributed by atoms with Gasteiger partial charge in [0.05, 0.1) is 16.6 Å². The zero-order chi connectivity index (χ0) is 13.3. The van der Waals surface area contributed by atoms with Gasteiger partial charge in [0, 0.05) is 7.05 Å². The highest BCUT2D eigenvalue weighted by molar-refractivity contribution is 5.92. The van der Waals surface area contributed by atoms with Crippen LogP contribution >= 0.6 is 0 Å². The van der Waals surface area contributed by atoms with Crippen molar-refractivity contribution < 1.29 is 23.4 Å². The van der Waals surface area contributed by atoms with E-state index in [1.54, 1.807) is 0 Å². The van der Waals surface area contributed by atoms with Crippen LogP contribution in [0.1, 0.15) is 10.4 Å². The minimum atomic E-state index is -2.08. The second-order valence-corrected chi connectivity index (χ2v) is 3.64. The fraction of sp³-hybridized carbons (Fsp3) is 0.273. The first-order valence-electron chi connectivity index (χ1n) is 5.09. The molecule has 5 nitrogen and oxygen atoms in total. The molecule has 0 amide bonds. The van der Waals surface area contributed by atoms with Gasteiger partial charge in [-0.15, -0.1) is 0 Å². The highest BCUT2D eigenvalue weighted by Crippen LogP contribution is 2.22. The number of halogens is 2. The standard InChI is InChI=1S/C11H10F2N2O3/c1-15-8-4-6(10(16)17)2-3-7(8)14-11(15)18-9(13)5-12/h2-4,9H,5H2,1H3,(H,16,17). The predicted octanol–water partition coefficient (Wildman–Crippen LogP) is 1.92. The minimum Gasteiger partial charge on any atom is -0.478 e. The number of aromatic carboxylic acids is 1. The molecular weight excluding hydrogens is 246 g/mol. The van der Waals surface area contributed by atoms with Gasteiger partial charge >= 0.3 is 5.97 Å². The van der Waals surface area contributed by atoms with E-state index < -0.39 is 19.0 Å². The number of carbonyl (C=O) groups is 1. The number of benzene rings is 1. The molecule has 0 bridgehead atoms. The molecule has 0 saturated heterocycles. The largest absolute Gasteiger partial charge is 0.478 e. The van der Waals surface area contributed by atoms with Gasteiger partial charge in [-0.25, -0.2) is 9.18 Å². The third-order valence-electron chi connectivity index (χ3n) is 2.44. The first-order chi connectivity index (χ1) is 8.52. The number of aryl methyl sites for hydroxylation is 1. The van der Waals surface area contributed by atoms with E-state index in [-0.39, 0.29) is 11.6 Å². The number of hydrogen-bond donors (Lipinski definition) is 1. The molecule has 0 aliphatic rings. The molecule has 0 spiro atoms. The molecule has 0 aliphatic heterocycles. The zero-order valence-electron chi connectivity index (χ0n) is 9.43. The van der Waals surface area contributed by atoms with E-state index >= 15 is 0 Å². The topological polar surface area (TPSA) is 64.4 Å². The maximum absolute atomic E-state index is 12.8. The van der Waals surface area contributed by atoms with Crippen molar-refractivity contribution in [1.82, 2.24) is 9.55 Å². The highest BCUT2D eigenvalue weighted by atomic mass is 19.2. The average molecular weight is 256 g/mol. The van der Waals surface area contributed by atoms with Crippen LogP contribution in [-0.4, -0.2) is 33.7 Å². The van der Waals surface area contributed by atoms with E-state index in [4.69, 9.17) is 5.11 Å². The number of carboxylic acids is 1. The number of aromatic nitrogens is 2. The Bertz CT molecular complexity index is 597. The lowest BCUT2D eigenvalue weighted by Crippen LogP contribution is -2.14. The third-order valence-corrected chi connectivity index (χ3v) is 2.44. The Balaban J connectivity index is 2.46. The van der Waals surface area contributed by atoms with Crippen molar-refractivity contribution in [2.45, 2.75) is 6.36 Å². The van der Waals surface area contributed by atoms with E-state index in [1.165, 1.54) is 29.8 Å². The summed E-state index contributed by atoms with van der Waals surface area (Å²) in [5.41, 5.74) is 0.999. The Morgan fingerprint density at radius 3 is 2.94 bits per heavy atom. The van der Waals surface area contributed by atoms with E-state index in [0.717, 1.165) is 0 Å². The highest BCUT2D eigenvalue weighted by Gasteiger charge is 2.15. The maximum Gasteiger partial charge on any atom is 0.335 e. The number of hydrogen-bond acceptors (Lipinski definition) is 3. The van der Waals surface area contributed by atoms with Crippen LogP contribution < -0.4 is 4.74 Å². The Labute approximate surface area is 101 Å². The number of carboxylic acid groups (broad SMARTS) is 1. The fourth-order valence-corrected chi connectivity index (χ4v) is 1.55. The van der Waals surface area contributed by atoms with Gasteiger partial charge in [0.1, 0.15) is 0 Å². The van der Waals surface area contributed by atoms with Crippen LogP contribution in [0.4, 0.5) is 8.78 Å². The summed E-state index contributed by atoms with van der Waals surface area (Å²) in [5.74, 6) is -1.08. The van der Waals surface area contributed by atoms with Crippen molar-refractivity contribution in [3.05, 3.63) is 23.8 Å². The molecule has 0 saturated carbocycles. The molecule has 18 heavy (non-hydrogen) atoms. The lowest BCUT2D eigenvalue weighted by atomic mass is 10.2. The van der Waals surface area contributed by atoms with Gasteiger partial charge in [0.2, 0.25) is 0 Å². The summed E-state index contributed by atoms with van der Waals surface area (Å²) in [5, 5.41) is 8.85. The number of imidazole rings is 1. The van der Waals surface area contributed by atoms with Crippen LogP contribution in [0.15, 0.2) is 18.2 Å². The zero-order valence-corrected chi connectivity index (χ0v) is 9.43. The van der Waals surface area contributed by atoms with Crippen LogP contribution in [-0.2, 0) is 7.05 Å². The number of ether oxygens (including phenoxy) is 1. The van der Waals surface area contributed by atoms with E-state index in [1.807, 2.05) is 0 Å². The molecule has 96 valence electrons. The summed E-state index contributed by atoms with van der Waals surface area (Å²) in [6.07, 6.45) is -2.08. The molecule has 1 aromatic carbocycles. The first-order valence-corrected chi connectivity index (χ1v) is 5.09. The van der Waals surface area contributed by atoms with Crippen molar-refractivity contribution in [3.8, 4) is 6.01 Å². The summed E-state index contributed by atoms with van der Waals surface area (Å²) in [6, 6.07) is 4.15. The van der Waals surface area contributed by atoms with Crippen LogP contribution in [0.2, 0.25) is 0 Å². The number of alkyl halides is 2. The SMILES string of the molecule is Cn1c(OC(F)CF)nc2ccc(C(=O)O)cc21. The summed E-state index contributed by atoms with van der Waals surface area (Å²) >= 11 is 0. The van der Waals surface area contributed by atoms with Crippen molar-refractivity contribution in [2.75, 3.05) is 6.67 Å². The molecule has 1 unspecified atom stereocenters. The van der Waals surface area contributed by atoms with Gasteiger partial charge in [-0.1, -0.05) is 0 Å². The van der Waals surface area contributed by atoms with Gasteiger partial charge in [-0.05, 0) is 18.2 Å². The second kappa shape index (κ2) is 4.59. The summed E-state index contributed by atoms with van der Waals surface area (Å²) in [7, 11) is 1.53. The average Bonchev–Trinajstić information content (AvgIpc) is 2.66. The smallest absolute Gasteiger partial charge is 0.335 e. The monoisotopic (exact) mass is 256 g/mol. The van der Waals surface area contributed by atoms with Gasteiger partial charge in [-0.2, -0.15) is 9.37 Å². The molecule has 1 aromatic heterocycles. The molecule has 1 heterocycles. The van der Waals surface area contributed by atoms with E-state index in [0.29, 0.717) is 11.0 Å². The van der Waals surface area contributed by atoms with Crippen molar-refractivity contribution in [3.63, 3.8) is 0 Å². The summed E-state index contributed by atoms with van der Waals surface area (Å²) in [6.45, 7) is -1.27. The lowest BCUT2D eigenvalue weighted by molar-refractivity contribution is 0.0329. The quantitative estimate of drug-likeness (QED) is 0.907. The first kappa shape index (κ1) is 12.3. The fourth-order valence-electron chi connectivity index (χ4n) is 1.55. The molecule has 2 rings (SSSR count). The maximum atomic E-state index is 12.8. The van der Waals surface area contributed by atoms with Crippen molar-refractivity contribution in [1.29, 1.82) is 0 Å². The molecule has 1 atom stereocenters. The molecule has 1 N–H and O–H groups in total. The molecule has 0 radical (unpaired) electrons. The Hall–Kier alpha value is -2.18. The molecule has 7 heteroatoms. The van der Waals surface area contributed by atoms with Crippen LogP contribution in [0.3, 0.4) is 0 Å². The normalized spacial score (nSPS) is 12.6. The molecule has 0 aliphatic carbocycles. The van der Waals surface area contributed by atoms with Crippen LogP contribution in [0.25, 0.3) is 11.0 Å². The Kier molecular flexibility index (Phi) is 3.14. The van der Waals surface area contributed by atoms with Crippen LogP contribution in [0.5, 0.6) is 6.01 Å². The Morgan fingerprint density at radius 2 is 2.33 bits per heavy atom. The van der Waals surface area contributed by atoms with Crippen molar-refractivity contribution >= 4 is 17.0 Å². The van der Waals surface area contributed by atoms with E-state index in [9.17, 15) is 13.6 Å². The van der Waals surface area contributed by atoms with Gasteiger partial charge < -0.3 is 9.84 Å². The van der Waals surface area contributed by atoms with E-state index in [2.05, 4.69) is 9.72 Å². The van der Waals surface area contributed by atoms with Gasteiger partial charge in [0.25, 0.3) is 12.4 Å². The molecule has 2 aromatic rings. The summed E-state index contributed by atoms with van der Waals surface area (Å²) < 4.78 is 30.8. The number of rotatable bonds is 4. The van der Waals surface area contributed by atoms with Crippen molar-refractivity contribution in [2.24, 2.45) is 7.05 Å². The minimum absolute atomic E-state index is 0.0827. The Morgan fingerprint density at radius 1 is 1.61 bits per heavy atom. The third kappa shape index (κ3) is 2.11. The molecular formula is C11H10F2N2O3. The van der Waals surface area contributed by atoms with Gasteiger partial charge in [-0.3, -0.25) is 4.57 Å². The predicted molar refractivity (Wildman–Crippen MR) is 59.2 cm³/mol.